The molecule has 0 aromatic carbocycles. The molecule has 1 aromatic heterocycles. The molecular weight excluding hydrogens is 266 g/mol. The van der Waals surface area contributed by atoms with Crippen molar-refractivity contribution in [1.82, 2.24) is 15.3 Å². The topological polar surface area (TPSA) is 92.2 Å². The van der Waals surface area contributed by atoms with Crippen molar-refractivity contribution >= 4 is 23.6 Å². The number of thioether (sulfide) groups is 1. The van der Waals surface area contributed by atoms with E-state index < -0.39 is 17.4 Å². The third kappa shape index (κ3) is 2.70. The Morgan fingerprint density at radius 2 is 2.21 bits per heavy atom. The van der Waals surface area contributed by atoms with Gasteiger partial charge in [0.05, 0.1) is 11.3 Å². The van der Waals surface area contributed by atoms with Gasteiger partial charge in [0.1, 0.15) is 11.4 Å². The molecule has 0 radical (unpaired) electrons. The van der Waals surface area contributed by atoms with E-state index in [-0.39, 0.29) is 0 Å². The van der Waals surface area contributed by atoms with Crippen LogP contribution >= 0.6 is 11.8 Å². The summed E-state index contributed by atoms with van der Waals surface area (Å²) in [5.41, 5.74) is -0.293. The Labute approximate surface area is 115 Å². The number of hydrogen-bond donors (Lipinski definition) is 2. The number of aliphatic carboxylic acids is 1. The lowest BCUT2D eigenvalue weighted by molar-refractivity contribution is -0.143. The minimum absolute atomic E-state index is 0.322. The van der Waals surface area contributed by atoms with Gasteiger partial charge in [-0.25, -0.2) is 14.8 Å². The van der Waals surface area contributed by atoms with Crippen LogP contribution in [0, 0.1) is 13.8 Å². The quantitative estimate of drug-likeness (QED) is 0.850. The number of carboxylic acid groups (broad SMARTS) is 1. The van der Waals surface area contributed by atoms with Crippen LogP contribution in [0.4, 0.5) is 0 Å². The summed E-state index contributed by atoms with van der Waals surface area (Å²) in [4.78, 5) is 31.6. The summed E-state index contributed by atoms with van der Waals surface area (Å²) >= 11 is 1.53. The molecule has 2 heterocycles. The molecule has 1 aromatic rings. The highest BCUT2D eigenvalue weighted by molar-refractivity contribution is 7.99. The molecule has 19 heavy (non-hydrogen) atoms. The molecule has 0 bridgehead atoms. The normalized spacial score (nSPS) is 22.2. The highest BCUT2D eigenvalue weighted by atomic mass is 32.2. The second-order valence-electron chi connectivity index (χ2n) is 4.56. The minimum Gasteiger partial charge on any atom is -0.479 e. The number of nitrogens with one attached hydrogen (secondary N) is 1. The average Bonchev–Trinajstić information content (AvgIpc) is 2.78. The van der Waals surface area contributed by atoms with Crippen LogP contribution < -0.4 is 5.32 Å². The summed E-state index contributed by atoms with van der Waals surface area (Å²) in [6.45, 7) is 3.45. The van der Waals surface area contributed by atoms with Gasteiger partial charge in [0.2, 0.25) is 0 Å². The standard InChI is InChI=1S/C12H15N3O3S/c1-7-9(5-13-8(2)14-7)10(16)15-12(11(17)18)3-4-19-6-12/h5H,3-4,6H2,1-2H3,(H,15,16)(H,17,18). The van der Waals surface area contributed by atoms with Gasteiger partial charge in [0, 0.05) is 11.9 Å². The summed E-state index contributed by atoms with van der Waals surface area (Å²) in [6, 6.07) is 0. The van der Waals surface area contributed by atoms with E-state index in [4.69, 9.17) is 0 Å². The first-order chi connectivity index (χ1) is 8.94. The fraction of sp³-hybridized carbons (Fsp3) is 0.500. The Morgan fingerprint density at radius 1 is 1.47 bits per heavy atom. The lowest BCUT2D eigenvalue weighted by atomic mass is 9.98. The Balaban J connectivity index is 2.22. The van der Waals surface area contributed by atoms with Gasteiger partial charge < -0.3 is 10.4 Å². The van der Waals surface area contributed by atoms with Crippen LogP contribution in [0.3, 0.4) is 0 Å². The third-order valence-electron chi connectivity index (χ3n) is 3.13. The van der Waals surface area contributed by atoms with Gasteiger partial charge in [-0.05, 0) is 26.0 Å². The first kappa shape index (κ1) is 13.8. The Bertz CT molecular complexity index is 527. The summed E-state index contributed by atoms with van der Waals surface area (Å²) in [5, 5.41) is 11.9. The van der Waals surface area contributed by atoms with E-state index in [0.29, 0.717) is 29.3 Å². The van der Waals surface area contributed by atoms with Crippen LogP contribution in [-0.4, -0.2) is 44.0 Å². The summed E-state index contributed by atoms with van der Waals surface area (Å²) in [7, 11) is 0. The summed E-state index contributed by atoms with van der Waals surface area (Å²) < 4.78 is 0. The molecular formula is C12H15N3O3S. The van der Waals surface area contributed by atoms with Crippen molar-refractivity contribution in [1.29, 1.82) is 0 Å². The van der Waals surface area contributed by atoms with E-state index in [1.165, 1.54) is 18.0 Å². The molecule has 6 nitrogen and oxygen atoms in total. The van der Waals surface area contributed by atoms with Crippen LogP contribution in [0.15, 0.2) is 6.20 Å². The molecule has 1 fully saturated rings. The largest absolute Gasteiger partial charge is 0.479 e. The average molecular weight is 281 g/mol. The molecule has 2 N–H and O–H groups in total. The molecule has 2 rings (SSSR count). The van der Waals surface area contributed by atoms with Gasteiger partial charge in [-0.2, -0.15) is 11.8 Å². The van der Waals surface area contributed by atoms with E-state index in [1.807, 2.05) is 0 Å². The zero-order valence-corrected chi connectivity index (χ0v) is 11.6. The van der Waals surface area contributed by atoms with Crippen LogP contribution in [-0.2, 0) is 4.79 Å². The van der Waals surface area contributed by atoms with Crippen molar-refractivity contribution in [2.45, 2.75) is 25.8 Å². The van der Waals surface area contributed by atoms with Gasteiger partial charge in [0.15, 0.2) is 0 Å². The van der Waals surface area contributed by atoms with Crippen molar-refractivity contribution in [3.8, 4) is 0 Å². The molecule has 1 unspecified atom stereocenters. The zero-order chi connectivity index (χ0) is 14.0. The van der Waals surface area contributed by atoms with Gasteiger partial charge in [-0.15, -0.1) is 0 Å². The SMILES string of the molecule is Cc1ncc(C(=O)NC2(C(=O)O)CCSC2)c(C)n1. The molecule has 7 heteroatoms. The molecule has 0 spiro atoms. The maximum atomic E-state index is 12.2. The number of carboxylic acids is 1. The van der Waals surface area contributed by atoms with E-state index in [2.05, 4.69) is 15.3 Å². The number of carbonyl (C=O) groups is 2. The van der Waals surface area contributed by atoms with E-state index in [0.717, 1.165) is 5.75 Å². The Hall–Kier alpha value is -1.63. The molecule has 0 saturated carbocycles. The van der Waals surface area contributed by atoms with E-state index >= 15 is 0 Å². The van der Waals surface area contributed by atoms with Gasteiger partial charge in [0.25, 0.3) is 5.91 Å². The van der Waals surface area contributed by atoms with Crippen molar-refractivity contribution < 1.29 is 14.7 Å². The molecule has 1 atom stereocenters. The highest BCUT2D eigenvalue weighted by Crippen LogP contribution is 2.28. The maximum Gasteiger partial charge on any atom is 0.330 e. The zero-order valence-electron chi connectivity index (χ0n) is 10.8. The molecule has 1 aliphatic rings. The van der Waals surface area contributed by atoms with Crippen LogP contribution in [0.2, 0.25) is 0 Å². The van der Waals surface area contributed by atoms with Gasteiger partial charge in [-0.1, -0.05) is 0 Å². The lowest BCUT2D eigenvalue weighted by Gasteiger charge is -2.24. The van der Waals surface area contributed by atoms with Crippen LogP contribution in [0.5, 0.6) is 0 Å². The van der Waals surface area contributed by atoms with Crippen molar-refractivity contribution in [2.75, 3.05) is 11.5 Å². The number of rotatable bonds is 3. The lowest BCUT2D eigenvalue weighted by Crippen LogP contribution is -2.54. The molecule has 102 valence electrons. The monoisotopic (exact) mass is 281 g/mol. The number of amides is 1. The predicted octanol–water partition coefficient (Wildman–Crippen LogP) is 0.784. The number of aryl methyl sites for hydroxylation is 2. The van der Waals surface area contributed by atoms with Crippen LogP contribution in [0.25, 0.3) is 0 Å². The Kier molecular flexibility index (Phi) is 3.75. The fourth-order valence-corrected chi connectivity index (χ4v) is 3.30. The third-order valence-corrected chi connectivity index (χ3v) is 4.32. The van der Waals surface area contributed by atoms with Gasteiger partial charge in [-0.3, -0.25) is 4.79 Å². The van der Waals surface area contributed by atoms with E-state index in [1.54, 1.807) is 13.8 Å². The van der Waals surface area contributed by atoms with Crippen molar-refractivity contribution in [3.63, 3.8) is 0 Å². The second-order valence-corrected chi connectivity index (χ2v) is 5.67. The van der Waals surface area contributed by atoms with Gasteiger partial charge >= 0.3 is 5.97 Å². The number of aromatic nitrogens is 2. The number of carbonyl (C=O) groups excluding carboxylic acids is 1. The second kappa shape index (κ2) is 5.16. The smallest absolute Gasteiger partial charge is 0.330 e. The minimum atomic E-state index is -1.17. The molecule has 1 saturated heterocycles. The summed E-state index contributed by atoms with van der Waals surface area (Å²) in [6.07, 6.45) is 1.87. The number of hydrogen-bond acceptors (Lipinski definition) is 5. The molecule has 0 aliphatic carbocycles. The molecule has 1 aliphatic heterocycles. The first-order valence-corrected chi connectivity index (χ1v) is 7.04. The van der Waals surface area contributed by atoms with E-state index in [9.17, 15) is 14.7 Å². The Morgan fingerprint density at radius 3 is 2.74 bits per heavy atom. The summed E-state index contributed by atoms with van der Waals surface area (Å²) in [5.74, 6) is 0.285. The maximum absolute atomic E-state index is 12.2. The fourth-order valence-electron chi connectivity index (χ4n) is 1.98. The number of nitrogens with zero attached hydrogens (tertiary/aromatic N) is 2. The van der Waals surface area contributed by atoms with Crippen LogP contribution in [0.1, 0.15) is 28.3 Å². The predicted molar refractivity (Wildman–Crippen MR) is 71.3 cm³/mol. The highest BCUT2D eigenvalue weighted by Gasteiger charge is 2.43. The van der Waals surface area contributed by atoms with Crippen molar-refractivity contribution in [3.05, 3.63) is 23.3 Å². The molecule has 1 amide bonds. The first-order valence-electron chi connectivity index (χ1n) is 5.88. The van der Waals surface area contributed by atoms with Crippen molar-refractivity contribution in [2.24, 2.45) is 0 Å².